The highest BCUT2D eigenvalue weighted by Crippen LogP contribution is 2.29. The number of halogens is 3. The lowest BCUT2D eigenvalue weighted by molar-refractivity contribution is -0.122. The molecule has 0 saturated heterocycles. The van der Waals surface area contributed by atoms with Crippen LogP contribution in [-0.2, 0) is 11.2 Å². The van der Waals surface area contributed by atoms with Gasteiger partial charge in [-0.2, -0.15) is 0 Å². The van der Waals surface area contributed by atoms with Gasteiger partial charge in [-0.05, 0) is 49.2 Å². The SMILES string of the molecule is CCCCCCCCCCCCCCCCCC(=O)NC(NC(=S)Nc1ccc(CCCCCC)cc1)C(Cl)(Cl)Cl. The van der Waals surface area contributed by atoms with Crippen molar-refractivity contribution in [2.75, 3.05) is 5.32 Å². The van der Waals surface area contributed by atoms with Crippen LogP contribution in [0.3, 0.4) is 0 Å². The van der Waals surface area contributed by atoms with Crippen LogP contribution >= 0.6 is 47.0 Å². The molecule has 41 heavy (non-hydrogen) atoms. The number of hydrogen-bond donors (Lipinski definition) is 3. The van der Waals surface area contributed by atoms with Gasteiger partial charge in [0.1, 0.15) is 6.17 Å². The lowest BCUT2D eigenvalue weighted by Gasteiger charge is -2.27. The predicted octanol–water partition coefficient (Wildman–Crippen LogP) is 11.2. The van der Waals surface area contributed by atoms with E-state index in [2.05, 4.69) is 41.9 Å². The number of hydrogen-bond acceptors (Lipinski definition) is 2. The van der Waals surface area contributed by atoms with E-state index in [0.717, 1.165) is 31.4 Å². The number of unbranched alkanes of at least 4 members (excludes halogenated alkanes) is 17. The summed E-state index contributed by atoms with van der Waals surface area (Å²) in [6.07, 6.45) is 24.8. The van der Waals surface area contributed by atoms with Crippen molar-refractivity contribution < 1.29 is 4.79 Å². The predicted molar refractivity (Wildman–Crippen MR) is 185 cm³/mol. The zero-order valence-electron chi connectivity index (χ0n) is 25.7. The van der Waals surface area contributed by atoms with Gasteiger partial charge in [-0.1, -0.05) is 170 Å². The molecule has 0 aliphatic rings. The number of rotatable bonds is 24. The van der Waals surface area contributed by atoms with Crippen LogP contribution in [0.1, 0.15) is 148 Å². The van der Waals surface area contributed by atoms with Crippen molar-refractivity contribution in [3.05, 3.63) is 29.8 Å². The van der Waals surface area contributed by atoms with E-state index in [1.54, 1.807) is 0 Å². The van der Waals surface area contributed by atoms with Gasteiger partial charge in [-0.3, -0.25) is 4.79 Å². The standard InChI is InChI=1S/C33H56Cl3N3OS/c1-3-5-7-9-10-11-12-13-14-15-16-17-18-19-21-23-30(40)38-31(33(34,35)36)39-32(41)37-29-26-24-28(25-27-29)22-20-8-6-4-2/h24-27,31H,3-23H2,1-2H3,(H,38,40)(H2,37,39,41). The van der Waals surface area contributed by atoms with E-state index < -0.39 is 9.96 Å². The molecule has 4 nitrogen and oxygen atoms in total. The maximum atomic E-state index is 12.5. The van der Waals surface area contributed by atoms with Crippen molar-refractivity contribution in [1.29, 1.82) is 0 Å². The number of carbonyl (C=O) groups excluding carboxylic acids is 1. The van der Waals surface area contributed by atoms with Crippen LogP contribution in [0, 0.1) is 0 Å². The number of aryl methyl sites for hydroxylation is 1. The minimum absolute atomic E-state index is 0.154. The summed E-state index contributed by atoms with van der Waals surface area (Å²) in [5.74, 6) is -0.154. The highest BCUT2D eigenvalue weighted by atomic mass is 35.6. The fraction of sp³-hybridized carbons (Fsp3) is 0.758. The molecule has 0 aliphatic carbocycles. The van der Waals surface area contributed by atoms with Crippen LogP contribution in [-0.4, -0.2) is 21.0 Å². The summed E-state index contributed by atoms with van der Waals surface area (Å²) in [5.41, 5.74) is 2.14. The van der Waals surface area contributed by atoms with E-state index in [9.17, 15) is 4.79 Å². The molecule has 0 aromatic heterocycles. The van der Waals surface area contributed by atoms with Crippen LogP contribution in [0.5, 0.6) is 0 Å². The zero-order chi connectivity index (χ0) is 30.2. The number of thiocarbonyl (C=S) groups is 1. The molecule has 0 aliphatic heterocycles. The molecule has 1 aromatic rings. The zero-order valence-corrected chi connectivity index (χ0v) is 28.8. The quantitative estimate of drug-likeness (QED) is 0.0452. The van der Waals surface area contributed by atoms with Gasteiger partial charge in [0.15, 0.2) is 5.11 Å². The Balaban J connectivity index is 2.19. The van der Waals surface area contributed by atoms with Crippen molar-refractivity contribution in [1.82, 2.24) is 10.6 Å². The fourth-order valence-corrected chi connectivity index (χ4v) is 5.46. The van der Waals surface area contributed by atoms with Gasteiger partial charge in [0.25, 0.3) is 0 Å². The van der Waals surface area contributed by atoms with Crippen LogP contribution in [0.2, 0.25) is 0 Å². The third kappa shape index (κ3) is 21.6. The van der Waals surface area contributed by atoms with E-state index >= 15 is 0 Å². The normalized spacial score (nSPS) is 12.2. The van der Waals surface area contributed by atoms with Gasteiger partial charge in [0.05, 0.1) is 0 Å². The summed E-state index contributed by atoms with van der Waals surface area (Å²) in [4.78, 5) is 12.5. The molecule has 1 rings (SSSR count). The Bertz CT molecular complexity index is 802. The van der Waals surface area contributed by atoms with Crippen molar-refractivity contribution in [2.45, 2.75) is 159 Å². The molecule has 8 heteroatoms. The highest BCUT2D eigenvalue weighted by molar-refractivity contribution is 7.80. The average molecular weight is 649 g/mol. The molecule has 0 radical (unpaired) electrons. The number of benzene rings is 1. The summed E-state index contributed by atoms with van der Waals surface area (Å²) in [5, 5.41) is 9.13. The number of nitrogens with one attached hydrogen (secondary N) is 3. The van der Waals surface area contributed by atoms with Crippen LogP contribution in [0.25, 0.3) is 0 Å². The number of alkyl halides is 3. The molecule has 236 valence electrons. The van der Waals surface area contributed by atoms with E-state index in [1.165, 1.54) is 108 Å². The second-order valence-electron chi connectivity index (χ2n) is 11.3. The van der Waals surface area contributed by atoms with Crippen LogP contribution < -0.4 is 16.0 Å². The first kappa shape index (κ1) is 38.3. The molecule has 1 unspecified atom stereocenters. The molecule has 1 aromatic carbocycles. The molecule has 0 saturated carbocycles. The molecule has 1 atom stereocenters. The minimum Gasteiger partial charge on any atom is -0.339 e. The second-order valence-corrected chi connectivity index (χ2v) is 14.1. The molecular weight excluding hydrogens is 593 g/mol. The third-order valence-corrected chi connectivity index (χ3v) is 8.32. The highest BCUT2D eigenvalue weighted by Gasteiger charge is 2.34. The molecule has 3 N–H and O–H groups in total. The number of amides is 1. The van der Waals surface area contributed by atoms with Crippen LogP contribution in [0.15, 0.2) is 24.3 Å². The van der Waals surface area contributed by atoms with Crippen molar-refractivity contribution in [3.8, 4) is 0 Å². The number of anilines is 1. The van der Waals surface area contributed by atoms with Crippen LogP contribution in [0.4, 0.5) is 5.69 Å². The van der Waals surface area contributed by atoms with Gasteiger partial charge in [0, 0.05) is 12.1 Å². The fourth-order valence-electron chi connectivity index (χ4n) is 4.90. The largest absolute Gasteiger partial charge is 0.339 e. The van der Waals surface area contributed by atoms with Gasteiger partial charge < -0.3 is 16.0 Å². The maximum absolute atomic E-state index is 12.5. The Morgan fingerprint density at radius 1 is 0.683 bits per heavy atom. The van der Waals surface area contributed by atoms with Gasteiger partial charge in [-0.15, -0.1) is 0 Å². The first-order valence-electron chi connectivity index (χ1n) is 16.3. The number of carbonyl (C=O) groups is 1. The Morgan fingerprint density at radius 2 is 1.12 bits per heavy atom. The third-order valence-electron chi connectivity index (χ3n) is 7.45. The molecule has 0 fully saturated rings. The van der Waals surface area contributed by atoms with E-state index in [4.69, 9.17) is 47.0 Å². The molecular formula is C33H56Cl3N3OS. The molecule has 1 amide bonds. The van der Waals surface area contributed by atoms with Gasteiger partial charge in [0.2, 0.25) is 9.70 Å². The Morgan fingerprint density at radius 3 is 1.59 bits per heavy atom. The topological polar surface area (TPSA) is 53.2 Å². The van der Waals surface area contributed by atoms with Gasteiger partial charge in [-0.25, -0.2) is 0 Å². The summed E-state index contributed by atoms with van der Waals surface area (Å²) in [6.45, 7) is 4.49. The van der Waals surface area contributed by atoms with Crippen molar-refractivity contribution in [2.24, 2.45) is 0 Å². The second kappa shape index (κ2) is 24.7. The summed E-state index contributed by atoms with van der Waals surface area (Å²) in [7, 11) is 0. The first-order valence-corrected chi connectivity index (χ1v) is 17.8. The lowest BCUT2D eigenvalue weighted by atomic mass is 10.0. The van der Waals surface area contributed by atoms with Gasteiger partial charge >= 0.3 is 0 Å². The molecule has 0 bridgehead atoms. The summed E-state index contributed by atoms with van der Waals surface area (Å²) >= 11 is 23.9. The molecule has 0 heterocycles. The monoisotopic (exact) mass is 647 g/mol. The Labute approximate surface area is 271 Å². The Kier molecular flexibility index (Phi) is 23.0. The lowest BCUT2D eigenvalue weighted by Crippen LogP contribution is -2.56. The van der Waals surface area contributed by atoms with E-state index in [1.807, 2.05) is 12.1 Å². The Hall–Kier alpha value is -0.750. The maximum Gasteiger partial charge on any atom is 0.228 e. The first-order chi connectivity index (χ1) is 19.8. The summed E-state index contributed by atoms with van der Waals surface area (Å²) < 4.78 is -1.75. The minimum atomic E-state index is -1.75. The average Bonchev–Trinajstić information content (AvgIpc) is 2.93. The molecule has 0 spiro atoms. The summed E-state index contributed by atoms with van der Waals surface area (Å²) in [6, 6.07) is 8.18. The van der Waals surface area contributed by atoms with Crippen molar-refractivity contribution >= 4 is 63.7 Å². The smallest absolute Gasteiger partial charge is 0.228 e. The van der Waals surface area contributed by atoms with E-state index in [0.29, 0.717) is 6.42 Å². The van der Waals surface area contributed by atoms with Crippen molar-refractivity contribution in [3.63, 3.8) is 0 Å². The van der Waals surface area contributed by atoms with E-state index in [-0.39, 0.29) is 11.0 Å².